The Kier molecular flexibility index (Phi) is 12.7. The van der Waals surface area contributed by atoms with Crippen molar-refractivity contribution in [1.29, 1.82) is 5.26 Å². The monoisotopic (exact) mass is 625 g/mol. The van der Waals surface area contributed by atoms with Crippen molar-refractivity contribution in [2.75, 3.05) is 5.32 Å². The van der Waals surface area contributed by atoms with Gasteiger partial charge in [-0.3, -0.25) is 9.59 Å². The summed E-state index contributed by atoms with van der Waals surface area (Å²) in [6.07, 6.45) is -2.63. The minimum Gasteiger partial charge on any atom is -1.00 e. The molecule has 4 N–H and O–H groups in total. The summed E-state index contributed by atoms with van der Waals surface area (Å²) in [6.45, 7) is 4.16. The van der Waals surface area contributed by atoms with Gasteiger partial charge < -0.3 is 28.1 Å². The number of carbonyl (C=O) groups excluding carboxylic acids is 1. The van der Waals surface area contributed by atoms with Crippen LogP contribution in [0.25, 0.3) is 22.4 Å². The van der Waals surface area contributed by atoms with E-state index in [0.29, 0.717) is 39.3 Å². The first-order valence-corrected chi connectivity index (χ1v) is 14.1. The first-order valence-electron chi connectivity index (χ1n) is 14.1. The molecule has 1 aromatic heterocycles. The molecule has 1 amide bonds. The topological polar surface area (TPSA) is 136 Å². The fraction of sp³-hybridized carbons (Fsp3) is 0.265. The van der Waals surface area contributed by atoms with Crippen molar-refractivity contribution in [3.8, 4) is 28.5 Å². The van der Waals surface area contributed by atoms with Crippen LogP contribution in [0.1, 0.15) is 63.5 Å². The molecule has 226 valence electrons. The maximum Gasteiger partial charge on any atom is 2.00 e. The summed E-state index contributed by atoms with van der Waals surface area (Å²) in [6, 6.07) is 24.0. The minimum atomic E-state index is -1.20. The molecular formula is C34H36CaFN3O5. The van der Waals surface area contributed by atoms with Crippen molar-refractivity contribution < 1.29 is 32.2 Å². The molecule has 10 heteroatoms. The third-order valence-electron chi connectivity index (χ3n) is 7.17. The van der Waals surface area contributed by atoms with E-state index in [0.717, 1.165) is 5.56 Å². The molecule has 4 rings (SSSR count). The molecule has 0 aliphatic heterocycles. The number of nitrogens with zero attached hydrogens (tertiary/aromatic N) is 2. The fourth-order valence-electron chi connectivity index (χ4n) is 5.31. The van der Waals surface area contributed by atoms with E-state index in [1.807, 2.05) is 48.7 Å². The van der Waals surface area contributed by atoms with Crippen molar-refractivity contribution in [3.63, 3.8) is 0 Å². The summed E-state index contributed by atoms with van der Waals surface area (Å²) in [5.41, 5.74) is 4.83. The van der Waals surface area contributed by atoms with Gasteiger partial charge >= 0.3 is 43.7 Å². The summed E-state index contributed by atoms with van der Waals surface area (Å²) in [4.78, 5) is 25.1. The zero-order valence-electron chi connectivity index (χ0n) is 26.7. The Balaban J connectivity index is 0.00000353. The molecule has 1 heterocycles. The molecule has 0 bridgehead atoms. The van der Waals surface area contributed by atoms with Crippen LogP contribution in [0.5, 0.6) is 0 Å². The van der Waals surface area contributed by atoms with E-state index in [-0.39, 0.29) is 71.8 Å². The van der Waals surface area contributed by atoms with E-state index in [4.69, 9.17) is 10.4 Å². The third-order valence-corrected chi connectivity index (χ3v) is 7.17. The minimum absolute atomic E-state index is 0. The van der Waals surface area contributed by atoms with Crippen molar-refractivity contribution >= 4 is 55.3 Å². The van der Waals surface area contributed by atoms with Gasteiger partial charge in [0, 0.05) is 23.5 Å². The number of carboxylic acid groups (broad SMARTS) is 1. The number of anilines is 1. The molecule has 4 aromatic rings. The number of nitrogens with one attached hydrogen (secondary N) is 1. The maximum absolute atomic E-state index is 14.1. The largest absolute Gasteiger partial charge is 2.00 e. The van der Waals surface area contributed by atoms with Crippen LogP contribution < -0.4 is 5.32 Å². The zero-order chi connectivity index (χ0) is 31.1. The molecule has 0 fully saturated rings. The standard InChI is InChI=1S/C34H34FN3O5.Ca.2H/c1-21(2)32-31(34(43)37-26-14-8-22(20-36)9-15-26)30(23-6-4-3-5-7-23)33(24-10-12-25(35)13-11-24)38(32)17-16-27(39)18-28(40)19-29(41)42;;;/h3-15,21,27-28,39-40H,16-19H2,1-2H3,(H,37,43)(H,41,42);;;/q;+2;2*-1/t27-,28-;;;/m1.../s1. The molecule has 8 nitrogen and oxygen atoms in total. The average Bonchev–Trinajstić information content (AvgIpc) is 3.32. The Bertz CT molecular complexity index is 1630. The van der Waals surface area contributed by atoms with Crippen LogP contribution in [0, 0.1) is 17.1 Å². The van der Waals surface area contributed by atoms with E-state index in [2.05, 4.69) is 11.4 Å². The number of aromatic nitrogens is 1. The summed E-state index contributed by atoms with van der Waals surface area (Å²) in [5.74, 6) is -2.09. The van der Waals surface area contributed by atoms with Gasteiger partial charge in [-0.05, 0) is 78.4 Å². The van der Waals surface area contributed by atoms with E-state index in [1.165, 1.54) is 12.1 Å². The molecule has 44 heavy (non-hydrogen) atoms. The fourth-order valence-corrected chi connectivity index (χ4v) is 5.31. The first-order chi connectivity index (χ1) is 20.6. The van der Waals surface area contributed by atoms with E-state index in [9.17, 15) is 24.2 Å². The van der Waals surface area contributed by atoms with Crippen LogP contribution in [0.15, 0.2) is 78.9 Å². The van der Waals surface area contributed by atoms with Crippen LogP contribution in [-0.4, -0.2) is 81.7 Å². The Labute approximate surface area is 288 Å². The third kappa shape index (κ3) is 8.56. The predicted molar refractivity (Wildman–Crippen MR) is 170 cm³/mol. The zero-order valence-corrected chi connectivity index (χ0v) is 26.9. The number of aliphatic carboxylic acids is 1. The van der Waals surface area contributed by atoms with Crippen LogP contribution in [0.4, 0.5) is 10.1 Å². The van der Waals surface area contributed by atoms with Gasteiger partial charge in [0.25, 0.3) is 5.91 Å². The second-order valence-electron chi connectivity index (χ2n) is 10.7. The van der Waals surface area contributed by atoms with Crippen molar-refractivity contribution in [3.05, 3.63) is 102 Å². The number of nitriles is 1. The second-order valence-corrected chi connectivity index (χ2v) is 10.7. The normalized spacial score (nSPS) is 12.2. The second kappa shape index (κ2) is 16.0. The van der Waals surface area contributed by atoms with Crippen LogP contribution in [0.3, 0.4) is 0 Å². The van der Waals surface area contributed by atoms with Gasteiger partial charge in [0.05, 0.1) is 41.5 Å². The molecule has 0 radical (unpaired) electrons. The van der Waals surface area contributed by atoms with Crippen LogP contribution in [0.2, 0.25) is 0 Å². The maximum atomic E-state index is 14.1. The van der Waals surface area contributed by atoms with E-state index < -0.39 is 30.4 Å². The van der Waals surface area contributed by atoms with Gasteiger partial charge in [-0.1, -0.05) is 44.2 Å². The summed E-state index contributed by atoms with van der Waals surface area (Å²) in [7, 11) is 0. The molecular weight excluding hydrogens is 589 g/mol. The average molecular weight is 626 g/mol. The molecule has 0 unspecified atom stereocenters. The first kappa shape index (κ1) is 35.0. The Morgan fingerprint density at radius 3 is 2.16 bits per heavy atom. The van der Waals surface area contributed by atoms with E-state index >= 15 is 0 Å². The SMILES string of the molecule is CC(C)c1c(C(=O)Nc2ccc(C#N)cc2)c(-c2ccccc2)c(-c2ccc(F)cc2)n1CC[C@@H](O)C[C@@H](O)CC(=O)O.[Ca+2].[H-].[H-]. The van der Waals surface area contributed by atoms with Gasteiger partial charge in [-0.2, -0.15) is 5.26 Å². The number of amides is 1. The molecule has 3 aromatic carbocycles. The predicted octanol–water partition coefficient (Wildman–Crippen LogP) is 6.03. The van der Waals surface area contributed by atoms with Crippen molar-refractivity contribution in [2.24, 2.45) is 0 Å². The van der Waals surface area contributed by atoms with Crippen molar-refractivity contribution in [1.82, 2.24) is 4.57 Å². The van der Waals surface area contributed by atoms with Gasteiger partial charge in [0.1, 0.15) is 5.82 Å². The number of hydrogen-bond acceptors (Lipinski definition) is 5. The summed E-state index contributed by atoms with van der Waals surface area (Å²) in [5, 5.41) is 41.9. The summed E-state index contributed by atoms with van der Waals surface area (Å²) < 4.78 is 16.0. The number of carboxylic acids is 1. The van der Waals surface area contributed by atoms with E-state index in [1.54, 1.807) is 36.4 Å². The van der Waals surface area contributed by atoms with Crippen molar-refractivity contribution in [2.45, 2.75) is 57.8 Å². The molecule has 0 spiro atoms. The quantitative estimate of drug-likeness (QED) is 0.142. The molecule has 0 aliphatic carbocycles. The van der Waals surface area contributed by atoms with Crippen LogP contribution >= 0.6 is 0 Å². The smallest absolute Gasteiger partial charge is 1.00 e. The number of aliphatic hydroxyl groups is 2. The number of carbonyl (C=O) groups is 2. The molecule has 2 atom stereocenters. The van der Waals surface area contributed by atoms with Gasteiger partial charge in [-0.25, -0.2) is 4.39 Å². The number of aliphatic hydroxyl groups excluding tert-OH is 2. The number of halogens is 1. The Morgan fingerprint density at radius 2 is 1.59 bits per heavy atom. The summed E-state index contributed by atoms with van der Waals surface area (Å²) >= 11 is 0. The molecule has 0 aliphatic rings. The van der Waals surface area contributed by atoms with Gasteiger partial charge in [0.15, 0.2) is 0 Å². The molecule has 0 saturated heterocycles. The Morgan fingerprint density at radius 1 is 0.955 bits per heavy atom. The van der Waals surface area contributed by atoms with Gasteiger partial charge in [-0.15, -0.1) is 0 Å². The van der Waals surface area contributed by atoms with Crippen LogP contribution in [-0.2, 0) is 11.3 Å². The van der Waals surface area contributed by atoms with Gasteiger partial charge in [0.2, 0.25) is 0 Å². The molecule has 0 saturated carbocycles. The number of benzene rings is 3. The number of rotatable bonds is 12. The Hall–Kier alpha value is -3.52. The number of hydrogen-bond donors (Lipinski definition) is 4.